The zero-order chi connectivity index (χ0) is 16.6. The van der Waals surface area contributed by atoms with Gasteiger partial charge in [-0.3, -0.25) is 4.79 Å². The zero-order valence-corrected chi connectivity index (χ0v) is 15.7. The van der Waals surface area contributed by atoms with Crippen LogP contribution in [0.25, 0.3) is 0 Å². The van der Waals surface area contributed by atoms with Crippen molar-refractivity contribution >= 4 is 5.91 Å². The maximum atomic E-state index is 12.8. The van der Waals surface area contributed by atoms with Crippen LogP contribution in [-0.2, 0) is 4.79 Å². The molecule has 23 heavy (non-hydrogen) atoms. The fourth-order valence-electron chi connectivity index (χ4n) is 5.05. The topological polar surface area (TPSA) is 23.6 Å². The highest BCUT2D eigenvalue weighted by molar-refractivity contribution is 5.79. The predicted molar refractivity (Wildman–Crippen MR) is 95.2 cm³/mol. The van der Waals surface area contributed by atoms with Crippen LogP contribution in [0.3, 0.4) is 0 Å². The number of carbonyl (C=O) groups excluding carboxylic acids is 1. The Balaban J connectivity index is 1.44. The van der Waals surface area contributed by atoms with Crippen molar-refractivity contribution in [2.24, 2.45) is 23.2 Å². The van der Waals surface area contributed by atoms with Crippen LogP contribution in [0.5, 0.6) is 0 Å². The van der Waals surface area contributed by atoms with Gasteiger partial charge in [-0.2, -0.15) is 0 Å². The van der Waals surface area contributed by atoms with E-state index in [2.05, 4.69) is 37.5 Å². The lowest BCUT2D eigenvalue weighted by Gasteiger charge is -2.54. The molecule has 3 aliphatic rings. The summed E-state index contributed by atoms with van der Waals surface area (Å²) in [7, 11) is 0. The van der Waals surface area contributed by atoms with Gasteiger partial charge in [0.2, 0.25) is 5.91 Å². The van der Waals surface area contributed by atoms with E-state index in [-0.39, 0.29) is 0 Å². The van der Waals surface area contributed by atoms with Gasteiger partial charge in [0, 0.05) is 25.0 Å². The van der Waals surface area contributed by atoms with Gasteiger partial charge in [-0.05, 0) is 82.7 Å². The predicted octanol–water partition coefficient (Wildman–Crippen LogP) is 3.78. The van der Waals surface area contributed by atoms with E-state index in [0.717, 1.165) is 50.9 Å². The summed E-state index contributed by atoms with van der Waals surface area (Å²) >= 11 is 0. The molecule has 132 valence electrons. The molecule has 1 aliphatic carbocycles. The lowest BCUT2D eigenvalue weighted by atomic mass is 9.55. The average molecular weight is 321 g/mol. The molecule has 2 saturated heterocycles. The molecule has 0 atom stereocenters. The fraction of sp³-hybridized carbons (Fsp3) is 0.950. The normalized spacial score (nSPS) is 27.0. The molecule has 3 nitrogen and oxygen atoms in total. The average Bonchev–Trinajstić information content (AvgIpc) is 2.52. The van der Waals surface area contributed by atoms with Gasteiger partial charge in [-0.15, -0.1) is 0 Å². The number of likely N-dealkylation sites (tertiary alicyclic amines) is 2. The van der Waals surface area contributed by atoms with Gasteiger partial charge in [0.1, 0.15) is 0 Å². The van der Waals surface area contributed by atoms with E-state index < -0.39 is 0 Å². The number of piperidine rings is 2. The molecule has 0 bridgehead atoms. The van der Waals surface area contributed by atoms with Crippen LogP contribution >= 0.6 is 0 Å². The molecular formula is C20H36N2O. The first-order valence-corrected chi connectivity index (χ1v) is 9.93. The van der Waals surface area contributed by atoms with Gasteiger partial charge in [0.15, 0.2) is 0 Å². The van der Waals surface area contributed by atoms with E-state index in [1.807, 2.05) is 0 Å². The van der Waals surface area contributed by atoms with Crippen LogP contribution in [0.4, 0.5) is 0 Å². The van der Waals surface area contributed by atoms with Crippen molar-refractivity contribution in [3.05, 3.63) is 0 Å². The SMILES string of the molecule is CC(C)C1CC2(CCN(C(=O)C3CCN(C(C)C)CC3)CC2)C1. The second kappa shape index (κ2) is 6.74. The Kier molecular flexibility index (Phi) is 5.06. The largest absolute Gasteiger partial charge is 0.342 e. The molecule has 0 radical (unpaired) electrons. The molecule has 0 aromatic carbocycles. The summed E-state index contributed by atoms with van der Waals surface area (Å²) in [6.07, 6.45) is 7.47. The zero-order valence-electron chi connectivity index (χ0n) is 15.7. The molecule has 2 aliphatic heterocycles. The minimum absolute atomic E-state index is 0.295. The van der Waals surface area contributed by atoms with E-state index in [1.54, 1.807) is 0 Å². The number of amides is 1. The van der Waals surface area contributed by atoms with Gasteiger partial charge in [-0.1, -0.05) is 13.8 Å². The second-order valence-electron chi connectivity index (χ2n) is 9.14. The molecule has 0 aromatic rings. The van der Waals surface area contributed by atoms with Crippen molar-refractivity contribution in [3.8, 4) is 0 Å². The van der Waals surface area contributed by atoms with Crippen LogP contribution in [0.1, 0.15) is 66.2 Å². The van der Waals surface area contributed by atoms with Crippen LogP contribution in [0.15, 0.2) is 0 Å². The van der Waals surface area contributed by atoms with Crippen LogP contribution in [0, 0.1) is 23.2 Å². The molecule has 3 rings (SSSR count). The van der Waals surface area contributed by atoms with Gasteiger partial charge in [-0.25, -0.2) is 0 Å². The number of rotatable bonds is 3. The van der Waals surface area contributed by atoms with Crippen LogP contribution in [-0.4, -0.2) is 47.9 Å². The van der Waals surface area contributed by atoms with Crippen LogP contribution < -0.4 is 0 Å². The van der Waals surface area contributed by atoms with E-state index in [0.29, 0.717) is 23.3 Å². The number of hydrogen-bond acceptors (Lipinski definition) is 2. The van der Waals surface area contributed by atoms with Crippen molar-refractivity contribution in [2.45, 2.75) is 72.3 Å². The Morgan fingerprint density at radius 3 is 2.00 bits per heavy atom. The Bertz CT molecular complexity index is 407. The highest BCUT2D eigenvalue weighted by Crippen LogP contribution is 2.54. The van der Waals surface area contributed by atoms with E-state index in [9.17, 15) is 4.79 Å². The molecule has 0 aromatic heterocycles. The molecule has 1 saturated carbocycles. The van der Waals surface area contributed by atoms with Gasteiger partial charge >= 0.3 is 0 Å². The standard InChI is InChI=1S/C20H36N2O/c1-15(2)18-13-20(14-18)7-11-22(12-8-20)19(23)17-5-9-21(10-6-17)16(3)4/h15-18H,5-14H2,1-4H3. The molecule has 0 unspecified atom stereocenters. The summed E-state index contributed by atoms with van der Waals surface area (Å²) in [4.78, 5) is 17.5. The third-order valence-electron chi connectivity index (χ3n) is 7.08. The lowest BCUT2D eigenvalue weighted by Crippen LogP contribution is -2.51. The number of carbonyl (C=O) groups is 1. The molecule has 3 heteroatoms. The van der Waals surface area contributed by atoms with Crippen molar-refractivity contribution in [2.75, 3.05) is 26.2 Å². The highest BCUT2D eigenvalue weighted by atomic mass is 16.2. The number of hydrogen-bond donors (Lipinski definition) is 0. The Morgan fingerprint density at radius 1 is 0.957 bits per heavy atom. The van der Waals surface area contributed by atoms with Crippen molar-refractivity contribution in [3.63, 3.8) is 0 Å². The minimum Gasteiger partial charge on any atom is -0.342 e. The molecule has 2 heterocycles. The minimum atomic E-state index is 0.295. The third kappa shape index (κ3) is 3.60. The molecule has 1 spiro atoms. The molecule has 3 fully saturated rings. The first kappa shape index (κ1) is 17.3. The molecule has 0 N–H and O–H groups in total. The Morgan fingerprint density at radius 2 is 1.52 bits per heavy atom. The second-order valence-corrected chi connectivity index (χ2v) is 9.14. The third-order valence-corrected chi connectivity index (χ3v) is 7.08. The van der Waals surface area contributed by atoms with Crippen molar-refractivity contribution < 1.29 is 4.79 Å². The first-order chi connectivity index (χ1) is 10.9. The van der Waals surface area contributed by atoms with Gasteiger partial charge < -0.3 is 9.80 Å². The van der Waals surface area contributed by atoms with E-state index in [1.165, 1.54) is 25.7 Å². The summed E-state index contributed by atoms with van der Waals surface area (Å²) in [5.41, 5.74) is 0.604. The summed E-state index contributed by atoms with van der Waals surface area (Å²) in [5, 5.41) is 0. The highest BCUT2D eigenvalue weighted by Gasteiger charge is 2.47. The smallest absolute Gasteiger partial charge is 0.225 e. The Hall–Kier alpha value is -0.570. The summed E-state index contributed by atoms with van der Waals surface area (Å²) in [6, 6.07) is 0.619. The quantitative estimate of drug-likeness (QED) is 0.790. The van der Waals surface area contributed by atoms with Gasteiger partial charge in [0.05, 0.1) is 0 Å². The lowest BCUT2D eigenvalue weighted by molar-refractivity contribution is -0.142. The van der Waals surface area contributed by atoms with Crippen LogP contribution in [0.2, 0.25) is 0 Å². The maximum absolute atomic E-state index is 12.8. The number of nitrogens with zero attached hydrogens (tertiary/aromatic N) is 2. The van der Waals surface area contributed by atoms with E-state index >= 15 is 0 Å². The van der Waals surface area contributed by atoms with Crippen molar-refractivity contribution in [1.82, 2.24) is 9.80 Å². The molecule has 1 amide bonds. The van der Waals surface area contributed by atoms with E-state index in [4.69, 9.17) is 0 Å². The Labute approximate surface area is 142 Å². The first-order valence-electron chi connectivity index (χ1n) is 9.93. The van der Waals surface area contributed by atoms with Gasteiger partial charge in [0.25, 0.3) is 0 Å². The summed E-state index contributed by atoms with van der Waals surface area (Å²) in [6.45, 7) is 13.5. The fourth-order valence-corrected chi connectivity index (χ4v) is 5.05. The van der Waals surface area contributed by atoms with Crippen molar-refractivity contribution in [1.29, 1.82) is 0 Å². The molecular weight excluding hydrogens is 284 g/mol. The summed E-state index contributed by atoms with van der Waals surface area (Å²) in [5.74, 6) is 2.54. The summed E-state index contributed by atoms with van der Waals surface area (Å²) < 4.78 is 0. The monoisotopic (exact) mass is 320 g/mol. The maximum Gasteiger partial charge on any atom is 0.225 e.